The lowest BCUT2D eigenvalue weighted by Crippen LogP contribution is -1.96. The van der Waals surface area contributed by atoms with E-state index in [9.17, 15) is 0 Å². The van der Waals surface area contributed by atoms with Crippen molar-refractivity contribution < 1.29 is 0 Å². The highest BCUT2D eigenvalue weighted by molar-refractivity contribution is 6.25. The Morgan fingerprint density at radius 3 is 1.18 bits per heavy atom. The molecular weight excluding hydrogens is 811 g/mol. The maximum Gasteiger partial charge on any atom is 0.160 e. The molecule has 10 aromatic carbocycles. The van der Waals surface area contributed by atoms with Crippen LogP contribution in [0.1, 0.15) is 0 Å². The van der Waals surface area contributed by atoms with Gasteiger partial charge in [0.15, 0.2) is 5.82 Å². The van der Waals surface area contributed by atoms with E-state index in [1.54, 1.807) is 0 Å². The van der Waals surface area contributed by atoms with E-state index in [4.69, 9.17) is 9.97 Å². The summed E-state index contributed by atoms with van der Waals surface area (Å²) in [5.74, 6) is 0.699. The molecule has 0 amide bonds. The Kier molecular flexibility index (Phi) is 9.17. The van der Waals surface area contributed by atoms with Gasteiger partial charge < -0.3 is 4.40 Å². The molecule has 0 aliphatic rings. The first kappa shape index (κ1) is 38.5. The molecule has 0 fully saturated rings. The number of benzene rings is 10. The van der Waals surface area contributed by atoms with Gasteiger partial charge in [-0.2, -0.15) is 0 Å². The van der Waals surface area contributed by atoms with E-state index in [0.717, 1.165) is 44.8 Å². The third-order valence-electron chi connectivity index (χ3n) is 13.3. The quantitative estimate of drug-likeness (QED) is 0.152. The third-order valence-corrected chi connectivity index (χ3v) is 13.3. The van der Waals surface area contributed by atoms with Gasteiger partial charge in [0.2, 0.25) is 0 Å². The molecule has 0 radical (unpaired) electrons. The maximum absolute atomic E-state index is 5.11. The molecule has 67 heavy (non-hydrogen) atoms. The molecule has 0 bridgehead atoms. The van der Waals surface area contributed by atoms with Crippen molar-refractivity contribution in [3.05, 3.63) is 249 Å². The van der Waals surface area contributed by atoms with Crippen molar-refractivity contribution in [1.82, 2.24) is 14.4 Å². The molecule has 312 valence electrons. The monoisotopic (exact) mass is 851 g/mol. The summed E-state index contributed by atoms with van der Waals surface area (Å²) >= 11 is 0. The minimum absolute atomic E-state index is 0.699. The van der Waals surface area contributed by atoms with Crippen LogP contribution in [0.25, 0.3) is 128 Å². The zero-order valence-corrected chi connectivity index (χ0v) is 36.5. The molecule has 3 aromatic heterocycles. The van der Waals surface area contributed by atoms with Gasteiger partial charge >= 0.3 is 0 Å². The van der Waals surface area contributed by atoms with Crippen LogP contribution in [-0.2, 0) is 0 Å². The SMILES string of the molecule is c1ccc(-c2ccc3c4cccc5c6cccc(-c7cccc(-c8cccc(-c9cccc(-c%10cccc(-c%11nc(-c%12ccccc%12)cc(-c%12ccccc%12)n%11)c%10)c9)c8)c7)c6n(c3c2)c45)cc1. The van der Waals surface area contributed by atoms with Gasteiger partial charge in [-0.15, -0.1) is 0 Å². The first-order chi connectivity index (χ1) is 33.2. The smallest absolute Gasteiger partial charge is 0.160 e. The maximum atomic E-state index is 5.11. The third kappa shape index (κ3) is 6.76. The average molecular weight is 852 g/mol. The number of hydrogen-bond acceptors (Lipinski definition) is 2. The van der Waals surface area contributed by atoms with E-state index in [-0.39, 0.29) is 0 Å². The molecule has 0 N–H and O–H groups in total. The van der Waals surface area contributed by atoms with Crippen LogP contribution in [0.15, 0.2) is 249 Å². The van der Waals surface area contributed by atoms with Crippen LogP contribution in [0.5, 0.6) is 0 Å². The highest BCUT2D eigenvalue weighted by Gasteiger charge is 2.21. The largest absolute Gasteiger partial charge is 0.307 e. The Morgan fingerprint density at radius 1 is 0.239 bits per heavy atom. The second-order valence-electron chi connectivity index (χ2n) is 17.4. The molecule has 13 aromatic rings. The molecule has 0 aliphatic heterocycles. The molecular formula is C64H41N3. The summed E-state index contributed by atoms with van der Waals surface area (Å²) in [5.41, 5.74) is 20.4. The van der Waals surface area contributed by atoms with E-state index in [1.807, 2.05) is 12.1 Å². The standard InChI is InChI=1S/C64H41N3/c1-4-16-42(17-5-1)51-34-35-55-56-31-15-33-58-57-32-14-30-54(62(57)67(63(56)58)61(55)40-51)52-28-12-26-49(38-52)47-24-10-22-45(36-47)46-23-11-25-48(37-46)50-27-13-29-53(39-50)64-65-59(43-18-6-2-7-19-43)41-60(66-64)44-20-8-3-9-21-44/h1-41H. The van der Waals surface area contributed by atoms with Crippen molar-refractivity contribution in [2.45, 2.75) is 0 Å². The van der Waals surface area contributed by atoms with Gasteiger partial charge in [-0.25, -0.2) is 9.97 Å². The highest BCUT2D eigenvalue weighted by atomic mass is 14.9. The summed E-state index contributed by atoms with van der Waals surface area (Å²) in [6, 6.07) is 89.4. The van der Waals surface area contributed by atoms with Crippen molar-refractivity contribution >= 4 is 38.1 Å². The number of para-hydroxylation sites is 2. The lowest BCUT2D eigenvalue weighted by atomic mass is 9.94. The molecule has 3 nitrogen and oxygen atoms in total. The Morgan fingerprint density at radius 2 is 0.627 bits per heavy atom. The first-order valence-electron chi connectivity index (χ1n) is 22.9. The number of rotatable bonds is 8. The van der Waals surface area contributed by atoms with Crippen LogP contribution in [0.4, 0.5) is 0 Å². The summed E-state index contributed by atoms with van der Waals surface area (Å²) in [5, 5.41) is 5.12. The zero-order valence-electron chi connectivity index (χ0n) is 36.5. The Bertz CT molecular complexity index is 3910. The van der Waals surface area contributed by atoms with Gasteiger partial charge in [0.25, 0.3) is 0 Å². The topological polar surface area (TPSA) is 30.2 Å². The van der Waals surface area contributed by atoms with Gasteiger partial charge in [0.05, 0.1) is 27.9 Å². The van der Waals surface area contributed by atoms with E-state index < -0.39 is 0 Å². The van der Waals surface area contributed by atoms with Crippen molar-refractivity contribution in [3.63, 3.8) is 0 Å². The van der Waals surface area contributed by atoms with Crippen molar-refractivity contribution in [2.75, 3.05) is 0 Å². The van der Waals surface area contributed by atoms with E-state index in [0.29, 0.717) is 5.82 Å². The predicted octanol–water partition coefficient (Wildman–Crippen LogP) is 17.0. The van der Waals surface area contributed by atoms with E-state index >= 15 is 0 Å². The number of aromatic nitrogens is 3. The molecule has 0 atom stereocenters. The summed E-state index contributed by atoms with van der Waals surface area (Å²) in [6.07, 6.45) is 0. The normalized spacial score (nSPS) is 11.6. The molecule has 0 saturated carbocycles. The van der Waals surface area contributed by atoms with Crippen LogP contribution in [0.2, 0.25) is 0 Å². The Hall–Kier alpha value is -8.92. The number of fused-ring (bicyclic) bond motifs is 6. The molecule has 0 unspecified atom stereocenters. The summed E-state index contributed by atoms with van der Waals surface area (Å²) in [4.78, 5) is 10.2. The number of hydrogen-bond donors (Lipinski definition) is 0. The summed E-state index contributed by atoms with van der Waals surface area (Å²) < 4.78 is 2.52. The van der Waals surface area contributed by atoms with Crippen molar-refractivity contribution in [2.24, 2.45) is 0 Å². The fraction of sp³-hybridized carbons (Fsp3) is 0. The van der Waals surface area contributed by atoms with Gasteiger partial charge in [-0.1, -0.05) is 212 Å². The van der Waals surface area contributed by atoms with E-state index in [1.165, 1.54) is 77.0 Å². The van der Waals surface area contributed by atoms with Crippen molar-refractivity contribution in [1.29, 1.82) is 0 Å². The van der Waals surface area contributed by atoms with Crippen LogP contribution < -0.4 is 0 Å². The Balaban J connectivity index is 0.862. The van der Waals surface area contributed by atoms with E-state index in [2.05, 4.69) is 241 Å². The minimum Gasteiger partial charge on any atom is -0.307 e. The lowest BCUT2D eigenvalue weighted by molar-refractivity contribution is 1.18. The van der Waals surface area contributed by atoms with Crippen LogP contribution in [-0.4, -0.2) is 14.4 Å². The van der Waals surface area contributed by atoms with Crippen LogP contribution >= 0.6 is 0 Å². The van der Waals surface area contributed by atoms with Gasteiger partial charge in [-0.05, 0) is 86.5 Å². The second-order valence-corrected chi connectivity index (χ2v) is 17.4. The fourth-order valence-corrected chi connectivity index (χ4v) is 10.1. The molecule has 0 spiro atoms. The zero-order chi connectivity index (χ0) is 44.3. The Labute approximate surface area is 388 Å². The second kappa shape index (κ2) is 16.0. The van der Waals surface area contributed by atoms with Crippen LogP contribution in [0, 0.1) is 0 Å². The van der Waals surface area contributed by atoms with Gasteiger partial charge in [-0.3, -0.25) is 0 Å². The van der Waals surface area contributed by atoms with Gasteiger partial charge in [0.1, 0.15) is 0 Å². The molecule has 13 rings (SSSR count). The fourth-order valence-electron chi connectivity index (χ4n) is 10.1. The van der Waals surface area contributed by atoms with Gasteiger partial charge in [0, 0.05) is 43.8 Å². The number of nitrogens with zero attached hydrogens (tertiary/aromatic N) is 3. The predicted molar refractivity (Wildman–Crippen MR) is 280 cm³/mol. The minimum atomic E-state index is 0.699. The summed E-state index contributed by atoms with van der Waals surface area (Å²) in [6.45, 7) is 0. The van der Waals surface area contributed by atoms with Crippen molar-refractivity contribution in [3.8, 4) is 89.5 Å². The lowest BCUT2D eigenvalue weighted by Gasteiger charge is -2.12. The van der Waals surface area contributed by atoms with Crippen LogP contribution in [0.3, 0.4) is 0 Å². The molecule has 3 heteroatoms. The summed E-state index contributed by atoms with van der Waals surface area (Å²) in [7, 11) is 0. The molecule has 0 saturated heterocycles. The molecule has 0 aliphatic carbocycles. The molecule has 3 heterocycles. The first-order valence-corrected chi connectivity index (χ1v) is 22.9. The highest BCUT2D eigenvalue weighted by Crippen LogP contribution is 2.44. The average Bonchev–Trinajstić information content (AvgIpc) is 3.94.